The molecule has 454 valence electrons. The molecular weight excluding hydrogens is 1060 g/mol. The predicted octanol–water partition coefficient (Wildman–Crippen LogP) is -0.921. The Hall–Kier alpha value is -7.71. The number of carbonyl (C=O) groups is 13. The van der Waals surface area contributed by atoms with Gasteiger partial charge in [-0.15, -0.1) is 0 Å². The summed E-state index contributed by atoms with van der Waals surface area (Å²) in [4.78, 5) is 172. The zero-order chi connectivity index (χ0) is 62.0. The summed E-state index contributed by atoms with van der Waals surface area (Å²) in [5, 5.41) is 51.0. The number of carboxylic acid groups (broad SMARTS) is 3. The number of hydrogen-bond acceptors (Lipinski definition) is 14. The van der Waals surface area contributed by atoms with Crippen LogP contribution in [0.3, 0.4) is 0 Å². The zero-order valence-corrected chi connectivity index (χ0v) is 48.2. The zero-order valence-electron chi connectivity index (χ0n) is 48.2. The molecule has 12 atom stereocenters. The van der Waals surface area contributed by atoms with E-state index < -0.39 is 181 Å². The maximum absolute atomic E-state index is 14.3. The van der Waals surface area contributed by atoms with E-state index >= 15 is 0 Å². The molecule has 81 heavy (non-hydrogen) atoms. The van der Waals surface area contributed by atoms with Gasteiger partial charge in [-0.2, -0.15) is 0 Å². The number of amides is 10. The molecule has 10 amide bonds. The first-order valence-electron chi connectivity index (χ1n) is 27.2. The van der Waals surface area contributed by atoms with E-state index in [9.17, 15) is 77.6 Å². The highest BCUT2D eigenvalue weighted by Crippen LogP contribution is 2.16. The van der Waals surface area contributed by atoms with E-state index in [4.69, 9.17) is 11.5 Å². The summed E-state index contributed by atoms with van der Waals surface area (Å²) >= 11 is 0. The number of carbonyl (C=O) groups excluding carboxylic acids is 10. The summed E-state index contributed by atoms with van der Waals surface area (Å²) in [5.41, 5.74) is 12.0. The van der Waals surface area contributed by atoms with Gasteiger partial charge in [-0.1, -0.05) is 112 Å². The average molecular weight is 1150 g/mol. The Balaban J connectivity index is 3.61. The van der Waals surface area contributed by atoms with Crippen LogP contribution in [-0.2, 0) is 68.7 Å². The fourth-order valence-electron chi connectivity index (χ4n) is 8.12. The van der Waals surface area contributed by atoms with Crippen LogP contribution in [0.5, 0.6) is 0 Å². The molecule has 27 nitrogen and oxygen atoms in total. The summed E-state index contributed by atoms with van der Waals surface area (Å²) in [6.45, 7) is 18.2. The number of benzene rings is 1. The van der Waals surface area contributed by atoms with E-state index in [1.807, 2.05) is 13.8 Å². The summed E-state index contributed by atoms with van der Waals surface area (Å²) in [7, 11) is 0. The van der Waals surface area contributed by atoms with Crippen LogP contribution < -0.4 is 59.3 Å². The molecule has 0 aliphatic carbocycles. The third-order valence-corrected chi connectivity index (χ3v) is 13.2. The second kappa shape index (κ2) is 35.1. The predicted molar refractivity (Wildman–Crippen MR) is 294 cm³/mol. The molecule has 1 rings (SSSR count). The van der Waals surface area contributed by atoms with Crippen LogP contribution in [0.15, 0.2) is 30.3 Å². The highest BCUT2D eigenvalue weighted by atomic mass is 16.4. The number of hydrogen-bond donors (Lipinski definition) is 14. The van der Waals surface area contributed by atoms with Gasteiger partial charge in [0.05, 0.1) is 18.9 Å². The summed E-state index contributed by atoms with van der Waals surface area (Å²) < 4.78 is 0. The first kappa shape index (κ1) is 71.3. The number of aliphatic carboxylic acids is 3. The Morgan fingerprint density at radius 2 is 0.864 bits per heavy atom. The van der Waals surface area contributed by atoms with Gasteiger partial charge in [0.15, 0.2) is 0 Å². The molecule has 0 heterocycles. The van der Waals surface area contributed by atoms with Crippen LogP contribution in [0.1, 0.15) is 133 Å². The minimum atomic E-state index is -1.95. The monoisotopic (exact) mass is 1150 g/mol. The molecule has 0 saturated heterocycles. The largest absolute Gasteiger partial charge is 0.481 e. The Kier molecular flexibility index (Phi) is 30.9. The SMILES string of the molecule is CC[C@H](C)[C@H](NC(=O)[C@H](CCC(=O)O)NC(=O)[C@H](CC(=O)O)NC(=O)[C@H](Cc1ccccc1)NC(=O)[C@@H](NC(=O)[C@@H](N)CC(C)C)[C@@H](C)CC)C(=O)N[C@@H](CC(C)C)C(=O)N[C@H](C(=O)N[C@@H](CC(N)=O)C(=O)N[C@@H](C)C(=O)O)C(C)C. The summed E-state index contributed by atoms with van der Waals surface area (Å²) in [6, 6.07) is -6.31. The van der Waals surface area contributed by atoms with Crippen LogP contribution >= 0.6 is 0 Å². The van der Waals surface area contributed by atoms with Crippen molar-refractivity contribution < 1.29 is 77.6 Å². The fraction of sp³-hybridized carbons (Fsp3) is 0.648. The van der Waals surface area contributed by atoms with Gasteiger partial charge in [0.25, 0.3) is 0 Å². The Labute approximate surface area is 472 Å². The minimum absolute atomic E-state index is 0.0308. The van der Waals surface area contributed by atoms with E-state index in [-0.39, 0.29) is 31.1 Å². The molecule has 0 radical (unpaired) electrons. The third-order valence-electron chi connectivity index (χ3n) is 13.2. The van der Waals surface area contributed by atoms with Crippen LogP contribution in [-0.4, -0.2) is 153 Å². The molecular formula is C54H87N11O16. The van der Waals surface area contributed by atoms with Crippen molar-refractivity contribution >= 4 is 77.0 Å². The topological polar surface area (TPSA) is 443 Å². The van der Waals surface area contributed by atoms with Crippen LogP contribution in [0.4, 0.5) is 0 Å². The number of carboxylic acids is 3. The lowest BCUT2D eigenvalue weighted by Gasteiger charge is -2.30. The van der Waals surface area contributed by atoms with Crippen LogP contribution in [0.2, 0.25) is 0 Å². The van der Waals surface area contributed by atoms with E-state index in [0.29, 0.717) is 18.4 Å². The molecule has 16 N–H and O–H groups in total. The maximum Gasteiger partial charge on any atom is 0.325 e. The molecule has 0 bridgehead atoms. The van der Waals surface area contributed by atoms with Gasteiger partial charge in [0.2, 0.25) is 59.1 Å². The first-order valence-corrected chi connectivity index (χ1v) is 27.2. The molecule has 27 heteroatoms. The number of rotatable bonds is 37. The van der Waals surface area contributed by atoms with Gasteiger partial charge in [0, 0.05) is 12.8 Å². The van der Waals surface area contributed by atoms with Crippen molar-refractivity contribution in [3.05, 3.63) is 35.9 Å². The lowest BCUT2D eigenvalue weighted by atomic mass is 9.95. The van der Waals surface area contributed by atoms with E-state index in [1.54, 1.807) is 85.7 Å². The van der Waals surface area contributed by atoms with Gasteiger partial charge < -0.3 is 74.6 Å². The quantitative estimate of drug-likeness (QED) is 0.0383. The molecule has 1 aromatic carbocycles. The van der Waals surface area contributed by atoms with Crippen molar-refractivity contribution in [2.24, 2.45) is 41.1 Å². The molecule has 0 unspecified atom stereocenters. The lowest BCUT2D eigenvalue weighted by Crippen LogP contribution is -2.62. The van der Waals surface area contributed by atoms with E-state index in [2.05, 4.69) is 47.9 Å². The number of nitrogens with two attached hydrogens (primary N) is 2. The van der Waals surface area contributed by atoms with Crippen molar-refractivity contribution in [2.75, 3.05) is 0 Å². The van der Waals surface area contributed by atoms with Gasteiger partial charge >= 0.3 is 17.9 Å². The second-order valence-electron chi connectivity index (χ2n) is 21.6. The Bertz CT molecular complexity index is 2350. The van der Waals surface area contributed by atoms with Gasteiger partial charge in [-0.05, 0) is 61.3 Å². The lowest BCUT2D eigenvalue weighted by molar-refractivity contribution is -0.142. The molecule has 1 aromatic rings. The number of nitrogens with one attached hydrogen (secondary N) is 9. The van der Waals surface area contributed by atoms with Gasteiger partial charge in [-0.3, -0.25) is 62.3 Å². The van der Waals surface area contributed by atoms with Crippen molar-refractivity contribution in [1.29, 1.82) is 0 Å². The van der Waals surface area contributed by atoms with E-state index in [1.165, 1.54) is 0 Å². The molecule has 0 aliphatic heterocycles. The molecule has 0 saturated carbocycles. The van der Waals surface area contributed by atoms with Crippen LogP contribution in [0.25, 0.3) is 0 Å². The van der Waals surface area contributed by atoms with Crippen LogP contribution in [0, 0.1) is 29.6 Å². The minimum Gasteiger partial charge on any atom is -0.481 e. The third kappa shape index (κ3) is 26.0. The number of primary amides is 1. The standard InChI is InChI=1S/C54H87N11O16/c1-12-29(9)43(64-45(71)33(55)21-26(3)4)52(78)61-36(23-32-17-15-14-16-18-32)48(74)59-38(25-41(69)70)49(75)58-34(19-20-40(67)68)46(72)65-44(30(10)13-2)53(79)60-35(22-27(5)6)50(76)63-42(28(7)8)51(77)62-37(24-39(56)66)47(73)57-31(11)54(80)81/h14-18,26-31,33-38,42-44H,12-13,19-25,55H2,1-11H3,(H2,56,66)(H,57,73)(H,58,75)(H,59,74)(H,60,79)(H,61,78)(H,62,77)(H,63,76)(H,64,71)(H,65,72)(H,67,68)(H,69,70)(H,80,81)/t29-,30-,31-,33-,34-,35-,36-,37-,38-,42-,43-,44-/m0/s1. The maximum atomic E-state index is 14.3. The Morgan fingerprint density at radius 3 is 1.33 bits per heavy atom. The molecule has 0 aliphatic rings. The first-order chi connectivity index (χ1) is 37.7. The van der Waals surface area contributed by atoms with E-state index in [0.717, 1.165) is 6.92 Å². The smallest absolute Gasteiger partial charge is 0.325 e. The normalized spacial score (nSPS) is 15.7. The fourth-order valence-corrected chi connectivity index (χ4v) is 8.12. The van der Waals surface area contributed by atoms with Crippen molar-refractivity contribution in [3.63, 3.8) is 0 Å². The highest BCUT2D eigenvalue weighted by Gasteiger charge is 2.38. The molecule has 0 aromatic heterocycles. The van der Waals surface area contributed by atoms with Crippen molar-refractivity contribution in [1.82, 2.24) is 47.9 Å². The molecule has 0 spiro atoms. The average Bonchev–Trinajstić information content (AvgIpc) is 3.41. The highest BCUT2D eigenvalue weighted by molar-refractivity contribution is 6.00. The second-order valence-corrected chi connectivity index (χ2v) is 21.6. The summed E-state index contributed by atoms with van der Waals surface area (Å²) in [5.74, 6) is -16.1. The van der Waals surface area contributed by atoms with Gasteiger partial charge in [0.1, 0.15) is 54.4 Å². The van der Waals surface area contributed by atoms with Crippen molar-refractivity contribution in [3.8, 4) is 0 Å². The molecule has 0 fully saturated rings. The summed E-state index contributed by atoms with van der Waals surface area (Å²) in [6.07, 6.45) is -2.38. The van der Waals surface area contributed by atoms with Crippen molar-refractivity contribution in [2.45, 2.75) is 194 Å². The van der Waals surface area contributed by atoms with Gasteiger partial charge in [-0.25, -0.2) is 0 Å². The Morgan fingerprint density at radius 1 is 0.457 bits per heavy atom.